The van der Waals surface area contributed by atoms with Gasteiger partial charge in [-0.3, -0.25) is 14.9 Å². The van der Waals surface area contributed by atoms with Crippen molar-refractivity contribution in [3.8, 4) is 0 Å². The van der Waals surface area contributed by atoms with Crippen LogP contribution in [0.4, 0.5) is 5.69 Å². The smallest absolute Gasteiger partial charge is 0.269 e. The van der Waals surface area contributed by atoms with E-state index in [0.29, 0.717) is 17.9 Å². The highest BCUT2D eigenvalue weighted by molar-refractivity contribution is 6.01. The summed E-state index contributed by atoms with van der Waals surface area (Å²) in [6.07, 6.45) is 0.504. The molecule has 1 amide bonds. The Morgan fingerprint density at radius 1 is 1.30 bits per heavy atom. The molecule has 0 N–H and O–H groups in total. The predicted molar refractivity (Wildman–Crippen MR) is 83.0 cm³/mol. The van der Waals surface area contributed by atoms with E-state index in [1.807, 2.05) is 19.1 Å². The lowest BCUT2D eigenvalue weighted by Crippen LogP contribution is -2.24. The van der Waals surface area contributed by atoms with Gasteiger partial charge in [-0.15, -0.1) is 0 Å². The highest BCUT2D eigenvalue weighted by Crippen LogP contribution is 2.33. The number of nitro benzene ring substituents is 1. The third-order valence-corrected chi connectivity index (χ3v) is 3.75. The number of benzene rings is 1. The number of nitro groups is 1. The van der Waals surface area contributed by atoms with Crippen LogP contribution in [0, 0.1) is 17.0 Å². The summed E-state index contributed by atoms with van der Waals surface area (Å²) in [6.45, 7) is 3.29. The Labute approximate surface area is 132 Å². The largest absolute Gasteiger partial charge is 0.460 e. The molecule has 0 spiro atoms. The molecule has 0 bridgehead atoms. The zero-order valence-electron chi connectivity index (χ0n) is 12.7. The molecule has 23 heavy (non-hydrogen) atoms. The van der Waals surface area contributed by atoms with E-state index >= 15 is 0 Å². The lowest BCUT2D eigenvalue weighted by molar-refractivity contribution is -0.384. The summed E-state index contributed by atoms with van der Waals surface area (Å²) in [5.41, 5.74) is 1.51. The summed E-state index contributed by atoms with van der Waals surface area (Å²) in [7, 11) is 0. The molecule has 1 aliphatic heterocycles. The quantitative estimate of drug-likeness (QED) is 0.643. The molecule has 1 atom stereocenters. The van der Waals surface area contributed by atoms with E-state index in [2.05, 4.69) is 5.10 Å². The van der Waals surface area contributed by atoms with Crippen molar-refractivity contribution in [2.45, 2.75) is 26.3 Å². The number of hydrogen-bond acceptors (Lipinski definition) is 5. The van der Waals surface area contributed by atoms with E-state index in [1.54, 1.807) is 12.1 Å². The number of hydrogen-bond donors (Lipinski definition) is 0. The maximum absolute atomic E-state index is 11.9. The minimum Gasteiger partial charge on any atom is -0.460 e. The molecule has 2 heterocycles. The Balaban J connectivity index is 1.90. The van der Waals surface area contributed by atoms with Gasteiger partial charge in [0, 0.05) is 25.5 Å². The van der Waals surface area contributed by atoms with Crippen LogP contribution in [-0.2, 0) is 4.79 Å². The van der Waals surface area contributed by atoms with Gasteiger partial charge in [-0.2, -0.15) is 5.10 Å². The SMILES string of the molecule is CC(=O)N1N=C(c2ccc(C)o2)C[C@H]1c1ccc([N+](=O)[O-])cc1. The number of aryl methyl sites for hydroxylation is 1. The second-order valence-electron chi connectivity index (χ2n) is 5.39. The summed E-state index contributed by atoms with van der Waals surface area (Å²) < 4.78 is 5.57. The molecule has 3 rings (SSSR count). The number of carbonyl (C=O) groups is 1. The molecule has 0 aliphatic carbocycles. The van der Waals surface area contributed by atoms with Gasteiger partial charge in [-0.25, -0.2) is 5.01 Å². The first-order valence-electron chi connectivity index (χ1n) is 7.14. The standard InChI is InChI=1S/C16H15N3O4/c1-10-3-8-16(23-10)14-9-15(18(17-14)11(2)20)12-4-6-13(7-5-12)19(21)22/h3-8,15H,9H2,1-2H3/t15-/m0/s1. The van der Waals surface area contributed by atoms with Gasteiger partial charge in [0.2, 0.25) is 5.91 Å². The van der Waals surface area contributed by atoms with Crippen LogP contribution in [0.1, 0.15) is 36.5 Å². The number of carbonyl (C=O) groups excluding carboxylic acids is 1. The molecular formula is C16H15N3O4. The highest BCUT2D eigenvalue weighted by atomic mass is 16.6. The van der Waals surface area contributed by atoms with E-state index in [-0.39, 0.29) is 17.6 Å². The van der Waals surface area contributed by atoms with Gasteiger partial charge in [-0.05, 0) is 24.6 Å². The topological polar surface area (TPSA) is 89.0 Å². The molecule has 1 aromatic heterocycles. The van der Waals surface area contributed by atoms with Gasteiger partial charge < -0.3 is 4.42 Å². The Morgan fingerprint density at radius 3 is 2.52 bits per heavy atom. The molecule has 1 aliphatic rings. The Hall–Kier alpha value is -2.96. The lowest BCUT2D eigenvalue weighted by Gasteiger charge is -2.20. The van der Waals surface area contributed by atoms with Crippen molar-refractivity contribution in [1.82, 2.24) is 5.01 Å². The average molecular weight is 313 g/mol. The number of hydrazone groups is 1. The van der Waals surface area contributed by atoms with Gasteiger partial charge >= 0.3 is 0 Å². The third-order valence-electron chi connectivity index (χ3n) is 3.75. The number of non-ortho nitro benzene ring substituents is 1. The summed E-state index contributed by atoms with van der Waals surface area (Å²) in [5, 5.41) is 16.5. The minimum atomic E-state index is -0.450. The van der Waals surface area contributed by atoms with Crippen LogP contribution in [0.5, 0.6) is 0 Å². The molecule has 0 unspecified atom stereocenters. The molecular weight excluding hydrogens is 298 g/mol. The van der Waals surface area contributed by atoms with Crippen molar-refractivity contribution >= 4 is 17.3 Å². The maximum atomic E-state index is 11.9. The number of amides is 1. The Bertz CT molecular complexity index is 792. The number of nitrogens with zero attached hydrogens (tertiary/aromatic N) is 3. The van der Waals surface area contributed by atoms with E-state index in [9.17, 15) is 14.9 Å². The average Bonchev–Trinajstić information content (AvgIpc) is 3.13. The minimum absolute atomic E-state index is 0.0175. The first-order valence-corrected chi connectivity index (χ1v) is 7.14. The maximum Gasteiger partial charge on any atom is 0.269 e. The zero-order chi connectivity index (χ0) is 16.6. The highest BCUT2D eigenvalue weighted by Gasteiger charge is 2.32. The van der Waals surface area contributed by atoms with Crippen LogP contribution >= 0.6 is 0 Å². The van der Waals surface area contributed by atoms with Crippen molar-refractivity contribution < 1.29 is 14.1 Å². The fourth-order valence-electron chi connectivity index (χ4n) is 2.62. The summed E-state index contributed by atoms with van der Waals surface area (Å²) in [6, 6.07) is 9.56. The molecule has 7 heteroatoms. The normalized spacial score (nSPS) is 17.2. The first-order chi connectivity index (χ1) is 11.0. The fraction of sp³-hybridized carbons (Fsp3) is 0.250. The van der Waals surface area contributed by atoms with Crippen molar-refractivity contribution in [3.63, 3.8) is 0 Å². The van der Waals surface area contributed by atoms with Crippen LogP contribution in [-0.4, -0.2) is 21.6 Å². The number of furan rings is 1. The van der Waals surface area contributed by atoms with Gasteiger partial charge in [0.1, 0.15) is 17.2 Å². The van der Waals surface area contributed by atoms with E-state index < -0.39 is 4.92 Å². The molecule has 2 aromatic rings. The van der Waals surface area contributed by atoms with Crippen LogP contribution in [0.15, 0.2) is 45.9 Å². The number of rotatable bonds is 3. The van der Waals surface area contributed by atoms with Gasteiger partial charge in [0.05, 0.1) is 11.0 Å². The molecule has 7 nitrogen and oxygen atoms in total. The van der Waals surface area contributed by atoms with Crippen LogP contribution in [0.25, 0.3) is 0 Å². The first kappa shape index (κ1) is 15.0. The molecule has 0 fully saturated rings. The molecule has 0 radical (unpaired) electrons. The van der Waals surface area contributed by atoms with Gasteiger partial charge in [0.25, 0.3) is 5.69 Å². The molecule has 1 aromatic carbocycles. The van der Waals surface area contributed by atoms with Crippen molar-refractivity contribution in [3.05, 3.63) is 63.6 Å². The Morgan fingerprint density at radius 2 is 2.00 bits per heavy atom. The summed E-state index contributed by atoms with van der Waals surface area (Å²) in [4.78, 5) is 22.2. The van der Waals surface area contributed by atoms with Crippen molar-refractivity contribution in [2.24, 2.45) is 5.10 Å². The lowest BCUT2D eigenvalue weighted by atomic mass is 10.0. The summed E-state index contributed by atoms with van der Waals surface area (Å²) >= 11 is 0. The second kappa shape index (κ2) is 5.68. The molecule has 0 saturated carbocycles. The van der Waals surface area contributed by atoms with E-state index in [0.717, 1.165) is 11.3 Å². The second-order valence-corrected chi connectivity index (χ2v) is 5.39. The van der Waals surface area contributed by atoms with E-state index in [1.165, 1.54) is 24.1 Å². The van der Waals surface area contributed by atoms with Crippen LogP contribution in [0.2, 0.25) is 0 Å². The van der Waals surface area contributed by atoms with Crippen LogP contribution in [0.3, 0.4) is 0 Å². The fourth-order valence-corrected chi connectivity index (χ4v) is 2.62. The monoisotopic (exact) mass is 313 g/mol. The Kier molecular flexibility index (Phi) is 3.69. The molecule has 118 valence electrons. The van der Waals surface area contributed by atoms with Crippen molar-refractivity contribution in [1.29, 1.82) is 0 Å². The van der Waals surface area contributed by atoms with E-state index in [4.69, 9.17) is 4.42 Å². The van der Waals surface area contributed by atoms with Gasteiger partial charge in [0.15, 0.2) is 0 Å². The molecule has 0 saturated heterocycles. The van der Waals surface area contributed by atoms with Crippen LogP contribution < -0.4 is 0 Å². The predicted octanol–water partition coefficient (Wildman–Crippen LogP) is 3.19. The van der Waals surface area contributed by atoms with Gasteiger partial charge in [-0.1, -0.05) is 12.1 Å². The third kappa shape index (κ3) is 2.85. The summed E-state index contributed by atoms with van der Waals surface area (Å²) in [5.74, 6) is 1.22. The zero-order valence-corrected chi connectivity index (χ0v) is 12.7. The van der Waals surface area contributed by atoms with Crippen molar-refractivity contribution in [2.75, 3.05) is 0 Å².